The van der Waals surface area contributed by atoms with Gasteiger partial charge in [0.25, 0.3) is 11.5 Å². The molecule has 1 heterocycles. The molecule has 8 nitrogen and oxygen atoms in total. The van der Waals surface area contributed by atoms with Gasteiger partial charge >= 0.3 is 0 Å². The van der Waals surface area contributed by atoms with Crippen molar-refractivity contribution in [3.05, 3.63) is 52.4 Å². The number of aromatic nitrogens is 2. The summed E-state index contributed by atoms with van der Waals surface area (Å²) in [6.07, 6.45) is 0. The number of rotatable bonds is 6. The summed E-state index contributed by atoms with van der Waals surface area (Å²) in [6, 6.07) is 9.45. The number of carbonyl (C=O) groups excluding carboxylic acids is 2. The molecule has 126 valence electrons. The minimum absolute atomic E-state index is 0.108. The number of amides is 2. The summed E-state index contributed by atoms with van der Waals surface area (Å²) in [5.41, 5.74) is 0.435. The molecule has 24 heavy (non-hydrogen) atoms. The van der Waals surface area contributed by atoms with E-state index in [1.54, 1.807) is 24.3 Å². The first-order valence-electron chi connectivity index (χ1n) is 7.29. The Balaban J connectivity index is 1.91. The van der Waals surface area contributed by atoms with Crippen molar-refractivity contribution < 1.29 is 14.3 Å². The van der Waals surface area contributed by atoms with Gasteiger partial charge in [-0.25, -0.2) is 4.68 Å². The van der Waals surface area contributed by atoms with Gasteiger partial charge in [-0.05, 0) is 30.3 Å². The summed E-state index contributed by atoms with van der Waals surface area (Å²) in [5.74, 6) is 0.104. The minimum Gasteiger partial charge on any atom is -0.492 e. The molecule has 2 aromatic rings. The number of carbonyl (C=O) groups is 2. The van der Waals surface area contributed by atoms with Crippen LogP contribution in [0, 0.1) is 0 Å². The van der Waals surface area contributed by atoms with E-state index in [0.29, 0.717) is 24.6 Å². The Hall–Kier alpha value is -3.16. The lowest BCUT2D eigenvalue weighted by Crippen LogP contribution is -2.25. The molecule has 2 rings (SSSR count). The molecule has 0 fully saturated rings. The zero-order valence-electron chi connectivity index (χ0n) is 13.4. The highest BCUT2D eigenvalue weighted by atomic mass is 16.5. The van der Waals surface area contributed by atoms with Gasteiger partial charge in [-0.1, -0.05) is 0 Å². The Morgan fingerprint density at radius 1 is 1.17 bits per heavy atom. The largest absolute Gasteiger partial charge is 0.492 e. The molecule has 0 bridgehead atoms. The summed E-state index contributed by atoms with van der Waals surface area (Å²) >= 11 is 0. The second-order valence-electron chi connectivity index (χ2n) is 4.99. The van der Waals surface area contributed by atoms with Crippen molar-refractivity contribution in [2.24, 2.45) is 7.05 Å². The molecule has 0 saturated carbocycles. The van der Waals surface area contributed by atoms with Crippen LogP contribution < -0.4 is 20.9 Å². The van der Waals surface area contributed by atoms with Crippen molar-refractivity contribution >= 4 is 17.5 Å². The van der Waals surface area contributed by atoms with E-state index in [0.717, 1.165) is 4.68 Å². The zero-order valence-corrected chi connectivity index (χ0v) is 13.4. The predicted octanol–water partition coefficient (Wildman–Crippen LogP) is 0.547. The first kappa shape index (κ1) is 17.2. The maximum Gasteiger partial charge on any atom is 0.276 e. The SMILES string of the molecule is CC(=O)NCCOc1ccc(NC(=O)c2ccc(=O)n(C)n2)cc1. The lowest BCUT2D eigenvalue weighted by atomic mass is 10.3. The predicted molar refractivity (Wildman–Crippen MR) is 88.1 cm³/mol. The Labute approximate surface area is 138 Å². The molecule has 1 aromatic heterocycles. The van der Waals surface area contributed by atoms with Crippen LogP contribution in [-0.2, 0) is 11.8 Å². The second-order valence-corrected chi connectivity index (χ2v) is 4.99. The fourth-order valence-electron chi connectivity index (χ4n) is 1.85. The van der Waals surface area contributed by atoms with E-state index in [9.17, 15) is 14.4 Å². The van der Waals surface area contributed by atoms with Gasteiger partial charge in [0.05, 0.1) is 6.54 Å². The van der Waals surface area contributed by atoms with Gasteiger partial charge < -0.3 is 15.4 Å². The van der Waals surface area contributed by atoms with Crippen molar-refractivity contribution in [2.45, 2.75) is 6.92 Å². The standard InChI is InChI=1S/C16H18N4O4/c1-11(21)17-9-10-24-13-5-3-12(4-6-13)18-16(23)14-7-8-15(22)20(2)19-14/h3-8H,9-10H2,1-2H3,(H,17,21)(H,18,23). The summed E-state index contributed by atoms with van der Waals surface area (Å²) in [5, 5.41) is 9.20. The van der Waals surface area contributed by atoms with Crippen molar-refractivity contribution in [1.82, 2.24) is 15.1 Å². The molecule has 2 N–H and O–H groups in total. The van der Waals surface area contributed by atoms with Crippen LogP contribution in [0.25, 0.3) is 0 Å². The van der Waals surface area contributed by atoms with Gasteiger partial charge in [0.15, 0.2) is 0 Å². The molecule has 2 amide bonds. The highest BCUT2D eigenvalue weighted by Crippen LogP contribution is 2.16. The van der Waals surface area contributed by atoms with Crippen LogP contribution in [0.1, 0.15) is 17.4 Å². The molecule has 0 radical (unpaired) electrons. The van der Waals surface area contributed by atoms with E-state index in [1.165, 1.54) is 26.1 Å². The van der Waals surface area contributed by atoms with Crippen molar-refractivity contribution in [1.29, 1.82) is 0 Å². The van der Waals surface area contributed by atoms with Gasteiger partial charge in [0, 0.05) is 25.7 Å². The highest BCUT2D eigenvalue weighted by Gasteiger charge is 2.09. The van der Waals surface area contributed by atoms with Crippen LogP contribution in [0.15, 0.2) is 41.2 Å². The van der Waals surface area contributed by atoms with E-state index >= 15 is 0 Å². The first-order chi connectivity index (χ1) is 11.5. The van der Waals surface area contributed by atoms with E-state index < -0.39 is 5.91 Å². The fourth-order valence-corrected chi connectivity index (χ4v) is 1.85. The molecule has 0 atom stereocenters. The van der Waals surface area contributed by atoms with Gasteiger partial charge in [-0.3, -0.25) is 14.4 Å². The maximum atomic E-state index is 12.1. The van der Waals surface area contributed by atoms with E-state index in [4.69, 9.17) is 4.74 Å². The average Bonchev–Trinajstić information content (AvgIpc) is 2.55. The van der Waals surface area contributed by atoms with Crippen LogP contribution in [0.2, 0.25) is 0 Å². The number of nitrogens with zero attached hydrogens (tertiary/aromatic N) is 2. The molecular formula is C16H18N4O4. The lowest BCUT2D eigenvalue weighted by Gasteiger charge is -2.08. The number of hydrogen-bond acceptors (Lipinski definition) is 5. The number of nitrogens with one attached hydrogen (secondary N) is 2. The molecular weight excluding hydrogens is 312 g/mol. The van der Waals surface area contributed by atoms with Crippen molar-refractivity contribution in [3.8, 4) is 5.75 Å². The Morgan fingerprint density at radius 3 is 2.50 bits per heavy atom. The Kier molecular flexibility index (Phi) is 5.67. The molecule has 0 saturated heterocycles. The molecule has 0 aliphatic rings. The third-order valence-corrected chi connectivity index (χ3v) is 3.05. The molecule has 0 unspecified atom stereocenters. The number of hydrogen-bond donors (Lipinski definition) is 2. The van der Waals surface area contributed by atoms with Crippen LogP contribution in [0.3, 0.4) is 0 Å². The number of anilines is 1. The zero-order chi connectivity index (χ0) is 17.5. The summed E-state index contributed by atoms with van der Waals surface area (Å²) in [4.78, 5) is 34.1. The van der Waals surface area contributed by atoms with Crippen LogP contribution in [0.4, 0.5) is 5.69 Å². The molecule has 1 aromatic carbocycles. The quantitative estimate of drug-likeness (QED) is 0.753. The van der Waals surface area contributed by atoms with Gasteiger partial charge in [0.1, 0.15) is 18.1 Å². The van der Waals surface area contributed by atoms with Gasteiger partial charge in [-0.2, -0.15) is 5.10 Å². The lowest BCUT2D eigenvalue weighted by molar-refractivity contribution is -0.119. The van der Waals surface area contributed by atoms with Crippen LogP contribution in [0.5, 0.6) is 5.75 Å². The maximum absolute atomic E-state index is 12.1. The average molecular weight is 330 g/mol. The van der Waals surface area contributed by atoms with E-state index in [2.05, 4.69) is 15.7 Å². The molecule has 0 spiro atoms. The van der Waals surface area contributed by atoms with Crippen molar-refractivity contribution in [3.63, 3.8) is 0 Å². The fraction of sp³-hybridized carbons (Fsp3) is 0.250. The Morgan fingerprint density at radius 2 is 1.88 bits per heavy atom. The van der Waals surface area contributed by atoms with Gasteiger partial charge in [0.2, 0.25) is 5.91 Å². The highest BCUT2D eigenvalue weighted by molar-refractivity contribution is 6.02. The van der Waals surface area contributed by atoms with E-state index in [-0.39, 0.29) is 17.2 Å². The minimum atomic E-state index is -0.412. The molecule has 8 heteroatoms. The number of aryl methyl sites for hydroxylation is 1. The summed E-state index contributed by atoms with van der Waals surface area (Å²) < 4.78 is 6.55. The normalized spacial score (nSPS) is 10.1. The number of ether oxygens (including phenoxy) is 1. The first-order valence-corrected chi connectivity index (χ1v) is 7.29. The van der Waals surface area contributed by atoms with Crippen LogP contribution in [-0.4, -0.2) is 34.7 Å². The second kappa shape index (κ2) is 7.91. The van der Waals surface area contributed by atoms with E-state index in [1.807, 2.05) is 0 Å². The summed E-state index contributed by atoms with van der Waals surface area (Å²) in [6.45, 7) is 2.22. The van der Waals surface area contributed by atoms with Crippen LogP contribution >= 0.6 is 0 Å². The van der Waals surface area contributed by atoms with Gasteiger partial charge in [-0.15, -0.1) is 0 Å². The third-order valence-electron chi connectivity index (χ3n) is 3.05. The molecule has 0 aliphatic carbocycles. The topological polar surface area (TPSA) is 102 Å². The molecule has 0 aliphatic heterocycles. The monoisotopic (exact) mass is 330 g/mol. The third kappa shape index (κ3) is 4.94. The smallest absolute Gasteiger partial charge is 0.276 e. The Bertz CT molecular complexity index is 783. The summed E-state index contributed by atoms with van der Waals surface area (Å²) in [7, 11) is 1.48. The number of benzene rings is 1. The van der Waals surface area contributed by atoms with Crippen molar-refractivity contribution in [2.75, 3.05) is 18.5 Å².